The Balaban J connectivity index is 2.80. The predicted octanol–water partition coefficient (Wildman–Crippen LogP) is -1.27. The minimum Gasteiger partial charge on any atom is -0.392 e. The van der Waals surface area contributed by atoms with Crippen molar-refractivity contribution in [1.82, 2.24) is 0 Å². The average Bonchev–Trinajstić information content (AvgIpc) is 2.02. The maximum Gasteiger partial charge on any atom is 0.223 e. The Hall–Kier alpha value is -1.10. The summed E-state index contributed by atoms with van der Waals surface area (Å²) in [4.78, 5) is 21.9. The molecule has 0 aromatic heterocycles. The van der Waals surface area contributed by atoms with E-state index in [1.165, 1.54) is 0 Å². The molecule has 5 N–H and O–H groups in total. The van der Waals surface area contributed by atoms with Crippen LogP contribution in [0.1, 0.15) is 19.3 Å². The fraction of sp³-hybridized carbons (Fsp3) is 0.750. The molecule has 2 amide bonds. The highest BCUT2D eigenvalue weighted by atomic mass is 16.3. The zero-order chi connectivity index (χ0) is 10.0. The lowest BCUT2D eigenvalue weighted by atomic mass is 9.76. The van der Waals surface area contributed by atoms with Crippen molar-refractivity contribution in [2.75, 3.05) is 0 Å². The standard InChI is InChI=1S/C8H14N2O3/c9-7(12)4-2-1-3-5(11)6(4)8(10)13/h4-6,11H,1-3H2,(H2,9,12)(H2,10,13). The molecule has 5 nitrogen and oxygen atoms in total. The third-order valence-electron chi connectivity index (χ3n) is 2.56. The van der Waals surface area contributed by atoms with Crippen molar-refractivity contribution in [2.24, 2.45) is 23.3 Å². The lowest BCUT2D eigenvalue weighted by molar-refractivity contribution is -0.138. The van der Waals surface area contributed by atoms with E-state index in [2.05, 4.69) is 0 Å². The van der Waals surface area contributed by atoms with Crippen molar-refractivity contribution in [1.29, 1.82) is 0 Å². The van der Waals surface area contributed by atoms with Gasteiger partial charge in [-0.15, -0.1) is 0 Å². The van der Waals surface area contributed by atoms with Crippen molar-refractivity contribution >= 4 is 11.8 Å². The molecular formula is C8H14N2O3. The molecule has 0 aliphatic heterocycles. The zero-order valence-corrected chi connectivity index (χ0v) is 7.27. The summed E-state index contributed by atoms with van der Waals surface area (Å²) in [6.07, 6.45) is 0.944. The quantitative estimate of drug-likeness (QED) is 0.500. The van der Waals surface area contributed by atoms with Gasteiger partial charge in [0.25, 0.3) is 0 Å². The smallest absolute Gasteiger partial charge is 0.223 e. The Morgan fingerprint density at radius 2 is 1.77 bits per heavy atom. The Morgan fingerprint density at radius 3 is 2.15 bits per heavy atom. The number of rotatable bonds is 2. The van der Waals surface area contributed by atoms with Crippen LogP contribution in [0.5, 0.6) is 0 Å². The van der Waals surface area contributed by atoms with Gasteiger partial charge in [0.1, 0.15) is 0 Å². The van der Waals surface area contributed by atoms with Gasteiger partial charge in [-0.25, -0.2) is 0 Å². The molecule has 1 fully saturated rings. The molecular weight excluding hydrogens is 172 g/mol. The molecule has 1 saturated carbocycles. The van der Waals surface area contributed by atoms with Crippen LogP contribution in [0.15, 0.2) is 0 Å². The third-order valence-corrected chi connectivity index (χ3v) is 2.56. The van der Waals surface area contributed by atoms with Crippen LogP contribution >= 0.6 is 0 Å². The molecule has 0 radical (unpaired) electrons. The monoisotopic (exact) mass is 186 g/mol. The van der Waals surface area contributed by atoms with E-state index in [4.69, 9.17) is 11.5 Å². The van der Waals surface area contributed by atoms with Gasteiger partial charge in [0.2, 0.25) is 11.8 Å². The minimum atomic E-state index is -0.816. The molecule has 0 bridgehead atoms. The summed E-state index contributed by atoms with van der Waals surface area (Å²) in [6, 6.07) is 0. The number of nitrogens with two attached hydrogens (primary N) is 2. The number of primary amides is 2. The summed E-state index contributed by atoms with van der Waals surface area (Å²) < 4.78 is 0. The molecule has 5 heteroatoms. The summed E-state index contributed by atoms with van der Waals surface area (Å²) in [6.45, 7) is 0. The number of carbonyl (C=O) groups is 2. The molecule has 3 atom stereocenters. The summed E-state index contributed by atoms with van der Waals surface area (Å²) in [7, 11) is 0. The second-order valence-corrected chi connectivity index (χ2v) is 3.44. The summed E-state index contributed by atoms with van der Waals surface area (Å²) in [5, 5.41) is 9.45. The van der Waals surface area contributed by atoms with Crippen LogP contribution in [0.25, 0.3) is 0 Å². The van der Waals surface area contributed by atoms with Gasteiger partial charge in [-0.2, -0.15) is 0 Å². The van der Waals surface area contributed by atoms with E-state index in [1.807, 2.05) is 0 Å². The molecule has 0 heterocycles. The normalized spacial score (nSPS) is 34.1. The van der Waals surface area contributed by atoms with Gasteiger partial charge in [0.15, 0.2) is 0 Å². The molecule has 74 valence electrons. The van der Waals surface area contributed by atoms with E-state index in [0.717, 1.165) is 0 Å². The molecule has 13 heavy (non-hydrogen) atoms. The van der Waals surface area contributed by atoms with E-state index >= 15 is 0 Å². The first-order valence-electron chi connectivity index (χ1n) is 4.30. The largest absolute Gasteiger partial charge is 0.392 e. The van der Waals surface area contributed by atoms with Crippen LogP contribution in [0.4, 0.5) is 0 Å². The van der Waals surface area contributed by atoms with Gasteiger partial charge in [-0.3, -0.25) is 9.59 Å². The zero-order valence-electron chi connectivity index (χ0n) is 7.27. The number of aliphatic hydroxyl groups excluding tert-OH is 1. The first-order valence-corrected chi connectivity index (χ1v) is 4.30. The van der Waals surface area contributed by atoms with Gasteiger partial charge in [-0.1, -0.05) is 6.42 Å². The molecule has 1 rings (SSSR count). The first-order chi connectivity index (χ1) is 6.04. The fourth-order valence-electron chi connectivity index (χ4n) is 1.88. The lowest BCUT2D eigenvalue weighted by Crippen LogP contribution is -2.46. The molecule has 1 aliphatic rings. The average molecular weight is 186 g/mol. The highest BCUT2D eigenvalue weighted by Crippen LogP contribution is 2.29. The van der Waals surface area contributed by atoms with Gasteiger partial charge >= 0.3 is 0 Å². The van der Waals surface area contributed by atoms with Crippen LogP contribution in [0.2, 0.25) is 0 Å². The van der Waals surface area contributed by atoms with Crippen molar-refractivity contribution in [3.05, 3.63) is 0 Å². The van der Waals surface area contributed by atoms with Crippen molar-refractivity contribution in [3.63, 3.8) is 0 Å². The van der Waals surface area contributed by atoms with E-state index < -0.39 is 29.8 Å². The Bertz CT molecular complexity index is 229. The number of amides is 2. The van der Waals surface area contributed by atoms with Gasteiger partial charge < -0.3 is 16.6 Å². The Morgan fingerprint density at radius 1 is 1.15 bits per heavy atom. The van der Waals surface area contributed by atoms with Crippen molar-refractivity contribution in [2.45, 2.75) is 25.4 Å². The third kappa shape index (κ3) is 1.98. The fourth-order valence-corrected chi connectivity index (χ4v) is 1.88. The highest BCUT2D eigenvalue weighted by Gasteiger charge is 2.39. The van der Waals surface area contributed by atoms with Gasteiger partial charge in [0, 0.05) is 0 Å². The van der Waals surface area contributed by atoms with Gasteiger partial charge in [0.05, 0.1) is 17.9 Å². The van der Waals surface area contributed by atoms with Gasteiger partial charge in [-0.05, 0) is 12.8 Å². The number of hydrogen-bond acceptors (Lipinski definition) is 3. The molecule has 0 aromatic rings. The Kier molecular flexibility index (Phi) is 2.87. The Labute approximate surface area is 76.1 Å². The van der Waals surface area contributed by atoms with Crippen molar-refractivity contribution in [3.8, 4) is 0 Å². The summed E-state index contributed by atoms with van der Waals surface area (Å²) in [5.41, 5.74) is 10.2. The summed E-state index contributed by atoms with van der Waals surface area (Å²) in [5.74, 6) is -2.59. The van der Waals surface area contributed by atoms with Crippen LogP contribution in [0.3, 0.4) is 0 Å². The van der Waals surface area contributed by atoms with Crippen LogP contribution in [-0.4, -0.2) is 23.0 Å². The molecule has 3 unspecified atom stereocenters. The SMILES string of the molecule is NC(=O)C1CCCC(O)C1C(N)=O. The van der Waals surface area contributed by atoms with Crippen LogP contribution in [-0.2, 0) is 9.59 Å². The number of carbonyl (C=O) groups excluding carboxylic acids is 2. The van der Waals surface area contributed by atoms with E-state index in [1.54, 1.807) is 0 Å². The van der Waals surface area contributed by atoms with Crippen molar-refractivity contribution < 1.29 is 14.7 Å². The van der Waals surface area contributed by atoms with Crippen LogP contribution in [0, 0.1) is 11.8 Å². The van der Waals surface area contributed by atoms with E-state index in [0.29, 0.717) is 19.3 Å². The number of hydrogen-bond donors (Lipinski definition) is 3. The second kappa shape index (κ2) is 3.74. The molecule has 0 spiro atoms. The molecule has 1 aliphatic carbocycles. The first kappa shape index (κ1) is 9.98. The number of aliphatic hydroxyl groups is 1. The summed E-state index contributed by atoms with van der Waals surface area (Å²) >= 11 is 0. The topological polar surface area (TPSA) is 106 Å². The molecule has 0 saturated heterocycles. The maximum absolute atomic E-state index is 10.9. The van der Waals surface area contributed by atoms with E-state index in [-0.39, 0.29) is 0 Å². The minimum absolute atomic E-state index is 0.511. The molecule has 0 aromatic carbocycles. The predicted molar refractivity (Wildman–Crippen MR) is 45.2 cm³/mol. The lowest BCUT2D eigenvalue weighted by Gasteiger charge is -2.31. The van der Waals surface area contributed by atoms with Crippen LogP contribution < -0.4 is 11.5 Å². The highest BCUT2D eigenvalue weighted by molar-refractivity contribution is 5.86. The maximum atomic E-state index is 10.9. The van der Waals surface area contributed by atoms with E-state index in [9.17, 15) is 14.7 Å². The second-order valence-electron chi connectivity index (χ2n) is 3.44.